The molecule has 3 nitrogen and oxygen atoms in total. The molecule has 1 aromatic rings. The van der Waals surface area contributed by atoms with Crippen LogP contribution in [0.4, 0.5) is 5.69 Å². The van der Waals surface area contributed by atoms with Crippen LogP contribution in [0.5, 0.6) is 5.75 Å². The number of anilines is 1. The lowest BCUT2D eigenvalue weighted by atomic mass is 10.1. The van der Waals surface area contributed by atoms with Crippen LogP contribution in [0.3, 0.4) is 0 Å². The normalized spacial score (nSPS) is 12.0. The molecule has 1 rings (SSSR count). The Kier molecular flexibility index (Phi) is 5.29. The van der Waals surface area contributed by atoms with E-state index in [1.54, 1.807) is 6.92 Å². The van der Waals surface area contributed by atoms with Crippen LogP contribution in [0, 0.1) is 12.8 Å². The van der Waals surface area contributed by atoms with Crippen molar-refractivity contribution >= 4 is 23.2 Å². The maximum Gasteiger partial charge on any atom is 0.228 e. The Balaban J connectivity index is 2.75. The zero-order chi connectivity index (χ0) is 12.8. The van der Waals surface area contributed by atoms with E-state index in [1.807, 2.05) is 32.0 Å². The van der Waals surface area contributed by atoms with Gasteiger partial charge < -0.3 is 10.1 Å². The molecule has 0 spiro atoms. The maximum absolute atomic E-state index is 11.7. The first-order valence-corrected chi connectivity index (χ1v) is 6.22. The fourth-order valence-electron chi connectivity index (χ4n) is 1.36. The molecule has 1 atom stereocenters. The van der Waals surface area contributed by atoms with Crippen molar-refractivity contribution in [3.8, 4) is 5.75 Å². The number of amides is 1. The van der Waals surface area contributed by atoms with Crippen molar-refractivity contribution in [1.29, 1.82) is 0 Å². The second-order valence-corrected chi connectivity index (χ2v) is 4.26. The number of nitrogens with one attached hydrogen (secondary N) is 1. The first-order valence-electron chi connectivity index (χ1n) is 5.68. The Bertz CT molecular complexity index is 393. The van der Waals surface area contributed by atoms with Gasteiger partial charge in [-0.2, -0.15) is 0 Å². The van der Waals surface area contributed by atoms with Gasteiger partial charge in [0.25, 0.3) is 0 Å². The number of aryl methyl sites for hydroxylation is 1. The molecule has 0 aliphatic carbocycles. The zero-order valence-electron chi connectivity index (χ0n) is 10.4. The molecule has 0 aromatic heterocycles. The molecule has 0 heterocycles. The van der Waals surface area contributed by atoms with Crippen LogP contribution in [0.15, 0.2) is 18.2 Å². The average Bonchev–Trinajstić information content (AvgIpc) is 2.31. The first-order chi connectivity index (χ1) is 8.08. The summed E-state index contributed by atoms with van der Waals surface area (Å²) in [7, 11) is 0. The van der Waals surface area contributed by atoms with Crippen molar-refractivity contribution in [3.63, 3.8) is 0 Å². The van der Waals surface area contributed by atoms with Crippen LogP contribution in [0.1, 0.15) is 19.4 Å². The lowest BCUT2D eigenvalue weighted by Gasteiger charge is -2.12. The highest BCUT2D eigenvalue weighted by Crippen LogP contribution is 2.21. The number of alkyl halides is 1. The smallest absolute Gasteiger partial charge is 0.228 e. The number of rotatable bonds is 5. The van der Waals surface area contributed by atoms with Gasteiger partial charge in [-0.05, 0) is 37.6 Å². The first kappa shape index (κ1) is 13.8. The number of halogens is 1. The number of carbonyl (C=O) groups is 1. The number of hydrogen-bond donors (Lipinski definition) is 1. The summed E-state index contributed by atoms with van der Waals surface area (Å²) in [5.41, 5.74) is 1.78. The molecule has 4 heteroatoms. The second-order valence-electron chi connectivity index (χ2n) is 3.95. The number of hydrogen-bond acceptors (Lipinski definition) is 2. The van der Waals surface area contributed by atoms with Gasteiger partial charge in [0, 0.05) is 17.5 Å². The SMILES string of the molecule is CCOc1ccc(NC(=O)C(C)CCl)c(C)c1. The van der Waals surface area contributed by atoms with Gasteiger partial charge >= 0.3 is 0 Å². The molecule has 0 saturated carbocycles. The van der Waals surface area contributed by atoms with Gasteiger partial charge in [0.1, 0.15) is 5.75 Å². The third-order valence-corrected chi connectivity index (χ3v) is 2.91. The van der Waals surface area contributed by atoms with Crippen molar-refractivity contribution in [1.82, 2.24) is 0 Å². The Morgan fingerprint density at radius 1 is 1.53 bits per heavy atom. The fourth-order valence-corrected chi connectivity index (χ4v) is 1.50. The Morgan fingerprint density at radius 3 is 2.76 bits per heavy atom. The zero-order valence-corrected chi connectivity index (χ0v) is 11.2. The van der Waals surface area contributed by atoms with Crippen LogP contribution in [0.2, 0.25) is 0 Å². The monoisotopic (exact) mass is 255 g/mol. The van der Waals surface area contributed by atoms with Gasteiger partial charge in [-0.15, -0.1) is 11.6 Å². The average molecular weight is 256 g/mol. The Labute approximate surface area is 107 Å². The van der Waals surface area contributed by atoms with E-state index in [0.717, 1.165) is 17.0 Å². The molecule has 0 aliphatic rings. The lowest BCUT2D eigenvalue weighted by Crippen LogP contribution is -2.21. The molecule has 0 fully saturated rings. The Hall–Kier alpha value is -1.22. The van der Waals surface area contributed by atoms with E-state index in [-0.39, 0.29) is 11.8 Å². The van der Waals surface area contributed by atoms with Crippen LogP contribution in [0.25, 0.3) is 0 Å². The minimum atomic E-state index is -0.192. The molecule has 1 N–H and O–H groups in total. The van der Waals surface area contributed by atoms with Gasteiger partial charge in [-0.3, -0.25) is 4.79 Å². The molecular formula is C13H18ClNO2. The summed E-state index contributed by atoms with van der Waals surface area (Å²) in [5.74, 6) is 0.880. The molecule has 17 heavy (non-hydrogen) atoms. The third-order valence-electron chi connectivity index (χ3n) is 2.45. The molecule has 0 bridgehead atoms. The summed E-state index contributed by atoms with van der Waals surface area (Å²) in [6.45, 7) is 6.30. The van der Waals surface area contributed by atoms with Crippen molar-refractivity contribution in [2.75, 3.05) is 17.8 Å². The van der Waals surface area contributed by atoms with Gasteiger partial charge in [-0.1, -0.05) is 6.92 Å². The summed E-state index contributed by atoms with van der Waals surface area (Å²) in [6.07, 6.45) is 0. The second kappa shape index (κ2) is 6.50. The van der Waals surface area contributed by atoms with Crippen molar-refractivity contribution in [3.05, 3.63) is 23.8 Å². The highest BCUT2D eigenvalue weighted by molar-refractivity contribution is 6.19. The number of benzene rings is 1. The number of carbonyl (C=O) groups excluding carboxylic acids is 1. The lowest BCUT2D eigenvalue weighted by molar-refractivity contribution is -0.118. The molecule has 94 valence electrons. The summed E-state index contributed by atoms with van der Waals surface area (Å²) in [5, 5.41) is 2.85. The van der Waals surface area contributed by atoms with Crippen molar-refractivity contribution < 1.29 is 9.53 Å². The van der Waals surface area contributed by atoms with Crippen molar-refractivity contribution in [2.24, 2.45) is 5.92 Å². The topological polar surface area (TPSA) is 38.3 Å². The van der Waals surface area contributed by atoms with Gasteiger partial charge in [0.05, 0.1) is 6.61 Å². The molecule has 0 saturated heterocycles. The molecule has 1 unspecified atom stereocenters. The molecular weight excluding hydrogens is 238 g/mol. The van der Waals surface area contributed by atoms with Crippen molar-refractivity contribution in [2.45, 2.75) is 20.8 Å². The standard InChI is InChI=1S/C13H18ClNO2/c1-4-17-11-5-6-12(9(2)7-11)15-13(16)10(3)8-14/h5-7,10H,4,8H2,1-3H3,(H,15,16). The minimum absolute atomic E-state index is 0.0627. The summed E-state index contributed by atoms with van der Waals surface area (Å²) in [4.78, 5) is 11.7. The number of ether oxygens (including phenoxy) is 1. The van der Waals surface area contributed by atoms with Gasteiger partial charge in [-0.25, -0.2) is 0 Å². The molecule has 1 aromatic carbocycles. The molecule has 0 radical (unpaired) electrons. The Morgan fingerprint density at radius 2 is 2.24 bits per heavy atom. The predicted molar refractivity (Wildman–Crippen MR) is 70.9 cm³/mol. The predicted octanol–water partition coefficient (Wildman–Crippen LogP) is 3.21. The summed E-state index contributed by atoms with van der Waals surface area (Å²) >= 11 is 5.64. The fraction of sp³-hybridized carbons (Fsp3) is 0.462. The third kappa shape index (κ3) is 3.93. The van der Waals surface area contributed by atoms with Crippen LogP contribution < -0.4 is 10.1 Å². The van der Waals surface area contributed by atoms with Crippen LogP contribution >= 0.6 is 11.6 Å². The van der Waals surface area contributed by atoms with E-state index < -0.39 is 0 Å². The van der Waals surface area contributed by atoms with Gasteiger partial charge in [0.2, 0.25) is 5.91 Å². The van der Waals surface area contributed by atoms with E-state index in [1.165, 1.54) is 0 Å². The van der Waals surface area contributed by atoms with E-state index in [9.17, 15) is 4.79 Å². The quantitative estimate of drug-likeness (QED) is 0.821. The largest absolute Gasteiger partial charge is 0.494 e. The van der Waals surface area contributed by atoms with E-state index in [2.05, 4.69) is 5.32 Å². The van der Waals surface area contributed by atoms with E-state index in [4.69, 9.17) is 16.3 Å². The highest BCUT2D eigenvalue weighted by atomic mass is 35.5. The minimum Gasteiger partial charge on any atom is -0.494 e. The summed E-state index contributed by atoms with van der Waals surface area (Å²) in [6, 6.07) is 5.60. The highest BCUT2D eigenvalue weighted by Gasteiger charge is 2.12. The molecule has 1 amide bonds. The van der Waals surface area contributed by atoms with E-state index >= 15 is 0 Å². The molecule has 0 aliphatic heterocycles. The summed E-state index contributed by atoms with van der Waals surface area (Å²) < 4.78 is 5.38. The van der Waals surface area contributed by atoms with E-state index in [0.29, 0.717) is 12.5 Å². The van der Waals surface area contributed by atoms with Crippen LogP contribution in [-0.2, 0) is 4.79 Å². The van der Waals surface area contributed by atoms with Gasteiger partial charge in [0.15, 0.2) is 0 Å². The maximum atomic E-state index is 11.7. The van der Waals surface area contributed by atoms with Crippen LogP contribution in [-0.4, -0.2) is 18.4 Å².